The maximum absolute atomic E-state index is 12.9. The monoisotopic (exact) mass is 324 g/mol. The van der Waals surface area contributed by atoms with E-state index < -0.39 is 0 Å². The van der Waals surface area contributed by atoms with Crippen molar-refractivity contribution in [2.75, 3.05) is 31.1 Å². The lowest BCUT2D eigenvalue weighted by Gasteiger charge is -2.34. The minimum atomic E-state index is 0.0866. The zero-order chi connectivity index (χ0) is 16.7. The van der Waals surface area contributed by atoms with Crippen LogP contribution in [-0.4, -0.2) is 56.7 Å². The van der Waals surface area contributed by atoms with Crippen molar-refractivity contribution in [3.63, 3.8) is 0 Å². The van der Waals surface area contributed by atoms with Crippen molar-refractivity contribution in [1.82, 2.24) is 24.6 Å². The van der Waals surface area contributed by atoms with Crippen molar-refractivity contribution < 1.29 is 4.79 Å². The van der Waals surface area contributed by atoms with Crippen molar-refractivity contribution in [3.8, 4) is 0 Å². The number of rotatable bonds is 2. The molecule has 3 heterocycles. The molecule has 1 N–H and O–H groups in total. The third-order valence-electron chi connectivity index (χ3n) is 4.69. The van der Waals surface area contributed by atoms with Gasteiger partial charge in [-0.3, -0.25) is 4.79 Å². The van der Waals surface area contributed by atoms with E-state index in [2.05, 4.69) is 45.2 Å². The second-order valence-corrected chi connectivity index (χ2v) is 6.24. The number of benzene rings is 1. The number of anilines is 1. The smallest absolute Gasteiger partial charge is 0.270 e. The molecule has 1 aliphatic heterocycles. The normalized spacial score (nSPS) is 15.2. The summed E-state index contributed by atoms with van der Waals surface area (Å²) in [4.78, 5) is 21.1. The average Bonchev–Trinajstić information content (AvgIpc) is 3.24. The fourth-order valence-corrected chi connectivity index (χ4v) is 3.28. The maximum atomic E-state index is 12.9. The third-order valence-corrected chi connectivity index (χ3v) is 4.69. The van der Waals surface area contributed by atoms with Crippen molar-refractivity contribution in [1.29, 1.82) is 0 Å². The summed E-state index contributed by atoms with van der Waals surface area (Å²) in [5.74, 6) is 0.853. The second kappa shape index (κ2) is 5.67. The van der Waals surface area contributed by atoms with Gasteiger partial charge in [0, 0.05) is 44.1 Å². The Morgan fingerprint density at radius 1 is 1.17 bits per heavy atom. The fraction of sp³-hybridized carbons (Fsp3) is 0.353. The molecule has 24 heavy (non-hydrogen) atoms. The number of aromatic nitrogens is 4. The largest absolute Gasteiger partial charge is 0.340 e. The summed E-state index contributed by atoms with van der Waals surface area (Å²) in [5.41, 5.74) is 3.03. The number of hydrogen-bond acceptors (Lipinski definition) is 4. The lowest BCUT2D eigenvalue weighted by molar-refractivity contribution is 0.0737. The molecule has 1 amide bonds. The van der Waals surface area contributed by atoms with Gasteiger partial charge < -0.3 is 14.4 Å². The van der Waals surface area contributed by atoms with E-state index >= 15 is 0 Å². The first kappa shape index (κ1) is 14.7. The van der Waals surface area contributed by atoms with E-state index in [1.807, 2.05) is 22.6 Å². The van der Waals surface area contributed by atoms with Crippen LogP contribution in [0.4, 0.5) is 5.95 Å². The number of nitrogens with one attached hydrogen (secondary N) is 1. The van der Waals surface area contributed by atoms with Gasteiger partial charge in [-0.25, -0.2) is 5.10 Å². The molecule has 1 fully saturated rings. The van der Waals surface area contributed by atoms with Crippen LogP contribution >= 0.6 is 0 Å². The molecule has 0 atom stereocenters. The Morgan fingerprint density at radius 2 is 1.96 bits per heavy atom. The van der Waals surface area contributed by atoms with E-state index in [1.165, 1.54) is 11.9 Å². The molecule has 0 bridgehead atoms. The van der Waals surface area contributed by atoms with Gasteiger partial charge in [0.05, 0.1) is 0 Å². The van der Waals surface area contributed by atoms with Crippen LogP contribution in [0, 0.1) is 6.92 Å². The SMILES string of the molecule is Cc1ccc2cc(C(=O)N3CCN(c4ncn[nH]4)CC3)n(C)c2c1. The summed E-state index contributed by atoms with van der Waals surface area (Å²) in [6, 6.07) is 8.25. The van der Waals surface area contributed by atoms with Crippen LogP contribution in [0.3, 0.4) is 0 Å². The molecule has 0 aliphatic carbocycles. The second-order valence-electron chi connectivity index (χ2n) is 6.24. The molecule has 0 unspecified atom stereocenters. The first-order valence-corrected chi connectivity index (χ1v) is 8.09. The van der Waals surface area contributed by atoms with Crippen molar-refractivity contribution >= 4 is 22.8 Å². The predicted molar refractivity (Wildman–Crippen MR) is 92.2 cm³/mol. The number of nitrogens with zero attached hydrogens (tertiary/aromatic N) is 5. The Hall–Kier alpha value is -2.83. The van der Waals surface area contributed by atoms with E-state index in [9.17, 15) is 4.79 Å². The van der Waals surface area contributed by atoms with Crippen molar-refractivity contribution in [2.24, 2.45) is 7.05 Å². The Kier molecular flexibility index (Phi) is 3.48. The van der Waals surface area contributed by atoms with Gasteiger partial charge >= 0.3 is 0 Å². The van der Waals surface area contributed by atoms with Crippen LogP contribution in [0.1, 0.15) is 16.1 Å². The molecule has 7 nitrogen and oxygen atoms in total. The quantitative estimate of drug-likeness (QED) is 0.777. The van der Waals surface area contributed by atoms with Crippen molar-refractivity contribution in [3.05, 3.63) is 41.9 Å². The first-order chi connectivity index (χ1) is 11.6. The van der Waals surface area contributed by atoms with Gasteiger partial charge in [0.15, 0.2) is 0 Å². The average molecular weight is 324 g/mol. The van der Waals surface area contributed by atoms with Crippen LogP contribution in [0.2, 0.25) is 0 Å². The van der Waals surface area contributed by atoms with Crippen LogP contribution in [0.25, 0.3) is 10.9 Å². The van der Waals surface area contributed by atoms with Gasteiger partial charge in [-0.2, -0.15) is 10.1 Å². The molecular formula is C17H20N6O. The number of amides is 1. The Morgan fingerprint density at radius 3 is 2.67 bits per heavy atom. The number of fused-ring (bicyclic) bond motifs is 1. The summed E-state index contributed by atoms with van der Waals surface area (Å²) < 4.78 is 1.99. The number of aromatic amines is 1. The summed E-state index contributed by atoms with van der Waals surface area (Å²) >= 11 is 0. The van der Waals surface area contributed by atoms with Gasteiger partial charge in [-0.1, -0.05) is 12.1 Å². The zero-order valence-corrected chi connectivity index (χ0v) is 13.9. The van der Waals surface area contributed by atoms with E-state index in [0.717, 1.165) is 35.6 Å². The molecule has 0 spiro atoms. The summed E-state index contributed by atoms with van der Waals surface area (Å²) in [6.07, 6.45) is 1.50. The number of carbonyl (C=O) groups excluding carboxylic acids is 1. The zero-order valence-electron chi connectivity index (χ0n) is 13.9. The van der Waals surface area contributed by atoms with E-state index in [0.29, 0.717) is 13.1 Å². The van der Waals surface area contributed by atoms with Crippen molar-refractivity contribution in [2.45, 2.75) is 6.92 Å². The first-order valence-electron chi connectivity index (χ1n) is 8.09. The molecule has 3 aromatic rings. The van der Waals surface area contributed by atoms with Crippen LogP contribution in [0.5, 0.6) is 0 Å². The van der Waals surface area contributed by atoms with Gasteiger partial charge in [0.1, 0.15) is 12.0 Å². The van der Waals surface area contributed by atoms with E-state index in [-0.39, 0.29) is 5.91 Å². The number of carbonyl (C=O) groups is 1. The highest BCUT2D eigenvalue weighted by molar-refractivity contribution is 5.99. The maximum Gasteiger partial charge on any atom is 0.270 e. The van der Waals surface area contributed by atoms with Crippen LogP contribution < -0.4 is 4.90 Å². The van der Waals surface area contributed by atoms with Crippen LogP contribution in [-0.2, 0) is 7.05 Å². The highest BCUT2D eigenvalue weighted by Crippen LogP contribution is 2.22. The van der Waals surface area contributed by atoms with Gasteiger partial charge in [0.2, 0.25) is 5.95 Å². The van der Waals surface area contributed by atoms with Gasteiger partial charge in [-0.15, -0.1) is 0 Å². The molecule has 7 heteroatoms. The standard InChI is InChI=1S/C17H20N6O/c1-12-3-4-13-10-15(21(2)14(13)9-12)16(24)22-5-7-23(8-6-22)17-18-11-19-20-17/h3-4,9-11H,5-8H2,1-2H3,(H,18,19,20). The number of aryl methyl sites for hydroxylation is 2. The molecule has 0 radical (unpaired) electrons. The third kappa shape index (κ3) is 2.42. The Labute approximate surface area is 139 Å². The number of piperazine rings is 1. The van der Waals surface area contributed by atoms with E-state index in [1.54, 1.807) is 0 Å². The fourth-order valence-electron chi connectivity index (χ4n) is 3.28. The number of hydrogen-bond donors (Lipinski definition) is 1. The van der Waals surface area contributed by atoms with E-state index in [4.69, 9.17) is 0 Å². The Bertz CT molecular complexity index is 874. The lowest BCUT2D eigenvalue weighted by Crippen LogP contribution is -2.49. The molecule has 124 valence electrons. The topological polar surface area (TPSA) is 70.1 Å². The van der Waals surface area contributed by atoms with Gasteiger partial charge in [-0.05, 0) is 24.6 Å². The molecule has 1 aliphatic rings. The molecular weight excluding hydrogens is 304 g/mol. The predicted octanol–water partition coefficient (Wildman–Crippen LogP) is 1.57. The molecule has 1 aromatic carbocycles. The molecule has 4 rings (SSSR count). The minimum Gasteiger partial charge on any atom is -0.340 e. The number of H-pyrrole nitrogens is 1. The molecule has 2 aromatic heterocycles. The minimum absolute atomic E-state index is 0.0866. The molecule has 1 saturated heterocycles. The lowest BCUT2D eigenvalue weighted by atomic mass is 10.2. The highest BCUT2D eigenvalue weighted by Gasteiger charge is 2.25. The Balaban J connectivity index is 1.53. The summed E-state index contributed by atoms with van der Waals surface area (Å²) in [7, 11) is 1.96. The van der Waals surface area contributed by atoms with Crippen LogP contribution in [0.15, 0.2) is 30.6 Å². The highest BCUT2D eigenvalue weighted by atomic mass is 16.2. The van der Waals surface area contributed by atoms with Gasteiger partial charge in [0.25, 0.3) is 5.91 Å². The summed E-state index contributed by atoms with van der Waals surface area (Å²) in [6.45, 7) is 4.94. The molecule has 0 saturated carbocycles. The summed E-state index contributed by atoms with van der Waals surface area (Å²) in [5, 5.41) is 7.86.